The summed E-state index contributed by atoms with van der Waals surface area (Å²) in [7, 11) is 0. The minimum atomic E-state index is -0.628. The quantitative estimate of drug-likeness (QED) is 0.882. The third kappa shape index (κ3) is 2.62. The number of hydrogen-bond acceptors (Lipinski definition) is 4. The number of rotatable bonds is 4. The summed E-state index contributed by atoms with van der Waals surface area (Å²) in [6, 6.07) is 8.81. The predicted octanol–water partition coefficient (Wildman–Crippen LogP) is 2.73. The fourth-order valence-corrected chi connectivity index (χ4v) is 2.51. The van der Waals surface area contributed by atoms with Crippen LogP contribution in [0.3, 0.4) is 0 Å². The van der Waals surface area contributed by atoms with Gasteiger partial charge in [0.2, 0.25) is 0 Å². The van der Waals surface area contributed by atoms with Crippen LogP contribution in [-0.2, 0) is 11.3 Å². The number of pyridine rings is 1. The van der Waals surface area contributed by atoms with E-state index in [0.717, 1.165) is 0 Å². The minimum Gasteiger partial charge on any atom is -0.506 e. The first-order chi connectivity index (χ1) is 10.5. The lowest BCUT2D eigenvalue weighted by molar-refractivity contribution is 0.0521. The molecule has 1 aromatic heterocycles. The van der Waals surface area contributed by atoms with Crippen LogP contribution in [0.25, 0.3) is 11.1 Å². The monoisotopic (exact) mass is 301 g/mol. The normalized spacial score (nSPS) is 10.5. The molecular weight excluding hydrogens is 282 g/mol. The number of benzene rings is 1. The number of nitrogens with zero attached hydrogens (tertiary/aromatic N) is 1. The Morgan fingerprint density at radius 3 is 2.41 bits per heavy atom. The van der Waals surface area contributed by atoms with Crippen LogP contribution in [0.15, 0.2) is 35.1 Å². The molecule has 116 valence electrons. The summed E-state index contributed by atoms with van der Waals surface area (Å²) in [5.41, 5.74) is 0.816. The number of carbonyl (C=O) groups excluding carboxylic acids is 1. The molecule has 0 bridgehead atoms. The van der Waals surface area contributed by atoms with Crippen molar-refractivity contribution in [2.45, 2.75) is 27.3 Å². The third-order valence-corrected chi connectivity index (χ3v) is 3.56. The van der Waals surface area contributed by atoms with Crippen LogP contribution in [0.4, 0.5) is 0 Å². The standard InChI is InChI=1S/C17H19NO4/c1-4-18-11(3)13(17(21)22-5-2)15(19)14(16(18)20)12-9-7-6-8-10-12/h6-10,19H,4-5H2,1-3H3. The Balaban J connectivity index is 2.82. The molecule has 2 aromatic rings. The Morgan fingerprint density at radius 1 is 1.23 bits per heavy atom. The maximum absolute atomic E-state index is 12.6. The molecular formula is C17H19NO4. The van der Waals surface area contributed by atoms with Crippen LogP contribution in [0.5, 0.6) is 5.75 Å². The maximum Gasteiger partial charge on any atom is 0.343 e. The summed E-state index contributed by atoms with van der Waals surface area (Å²) < 4.78 is 6.47. The lowest BCUT2D eigenvalue weighted by atomic mass is 10.0. The molecule has 1 aromatic carbocycles. The highest BCUT2D eigenvalue weighted by atomic mass is 16.5. The molecule has 0 saturated carbocycles. The smallest absolute Gasteiger partial charge is 0.343 e. The second-order valence-electron chi connectivity index (χ2n) is 4.82. The summed E-state index contributed by atoms with van der Waals surface area (Å²) in [4.78, 5) is 24.8. The molecule has 1 N–H and O–H groups in total. The summed E-state index contributed by atoms with van der Waals surface area (Å²) in [6.45, 7) is 5.74. The number of ether oxygens (including phenoxy) is 1. The number of esters is 1. The first kappa shape index (κ1) is 15.8. The molecule has 0 aliphatic carbocycles. The fourth-order valence-electron chi connectivity index (χ4n) is 2.51. The van der Waals surface area contributed by atoms with E-state index in [1.807, 2.05) is 13.0 Å². The lowest BCUT2D eigenvalue weighted by Crippen LogP contribution is -2.26. The van der Waals surface area contributed by atoms with Gasteiger partial charge in [-0.05, 0) is 26.3 Å². The van der Waals surface area contributed by atoms with Gasteiger partial charge in [0.15, 0.2) is 0 Å². The average Bonchev–Trinajstić information content (AvgIpc) is 2.49. The van der Waals surface area contributed by atoms with E-state index in [1.54, 1.807) is 38.1 Å². The molecule has 0 fully saturated rings. The van der Waals surface area contributed by atoms with Gasteiger partial charge in [-0.1, -0.05) is 30.3 Å². The molecule has 0 aliphatic heterocycles. The van der Waals surface area contributed by atoms with E-state index >= 15 is 0 Å². The van der Waals surface area contributed by atoms with Crippen molar-refractivity contribution in [2.24, 2.45) is 0 Å². The fraction of sp³-hybridized carbons (Fsp3) is 0.294. The van der Waals surface area contributed by atoms with Crippen molar-refractivity contribution < 1.29 is 14.6 Å². The third-order valence-electron chi connectivity index (χ3n) is 3.56. The summed E-state index contributed by atoms with van der Waals surface area (Å²) in [5.74, 6) is -0.950. The highest BCUT2D eigenvalue weighted by molar-refractivity contribution is 5.96. The van der Waals surface area contributed by atoms with Gasteiger partial charge < -0.3 is 14.4 Å². The lowest BCUT2D eigenvalue weighted by Gasteiger charge is -2.17. The molecule has 0 amide bonds. The first-order valence-corrected chi connectivity index (χ1v) is 7.21. The molecule has 1 heterocycles. The van der Waals surface area contributed by atoms with Crippen LogP contribution in [0.2, 0.25) is 0 Å². The highest BCUT2D eigenvalue weighted by Crippen LogP contribution is 2.31. The van der Waals surface area contributed by atoms with Crippen molar-refractivity contribution >= 4 is 5.97 Å². The topological polar surface area (TPSA) is 68.5 Å². The zero-order valence-corrected chi connectivity index (χ0v) is 12.9. The number of carbonyl (C=O) groups is 1. The second-order valence-corrected chi connectivity index (χ2v) is 4.82. The molecule has 0 atom stereocenters. The van der Waals surface area contributed by atoms with Crippen molar-refractivity contribution in [3.8, 4) is 16.9 Å². The number of hydrogen-bond donors (Lipinski definition) is 1. The Labute approximate surface area is 128 Å². The van der Waals surface area contributed by atoms with Gasteiger partial charge in [-0.15, -0.1) is 0 Å². The number of aromatic hydroxyl groups is 1. The van der Waals surface area contributed by atoms with Crippen LogP contribution in [0.1, 0.15) is 29.9 Å². The molecule has 0 radical (unpaired) electrons. The van der Waals surface area contributed by atoms with Crippen molar-refractivity contribution in [1.82, 2.24) is 4.57 Å². The van der Waals surface area contributed by atoms with E-state index in [0.29, 0.717) is 17.8 Å². The first-order valence-electron chi connectivity index (χ1n) is 7.21. The van der Waals surface area contributed by atoms with E-state index in [-0.39, 0.29) is 29.0 Å². The molecule has 5 heteroatoms. The van der Waals surface area contributed by atoms with E-state index < -0.39 is 5.97 Å². The van der Waals surface area contributed by atoms with E-state index in [1.165, 1.54) is 4.57 Å². The van der Waals surface area contributed by atoms with Crippen LogP contribution < -0.4 is 5.56 Å². The Kier molecular flexibility index (Phi) is 4.65. The molecule has 0 aliphatic rings. The second kappa shape index (κ2) is 6.47. The van der Waals surface area contributed by atoms with Gasteiger partial charge in [-0.2, -0.15) is 0 Å². The van der Waals surface area contributed by atoms with Gasteiger partial charge in [0.1, 0.15) is 11.3 Å². The van der Waals surface area contributed by atoms with Gasteiger partial charge in [-0.25, -0.2) is 4.79 Å². The number of aromatic nitrogens is 1. The molecule has 22 heavy (non-hydrogen) atoms. The minimum absolute atomic E-state index is 0.0437. The van der Waals surface area contributed by atoms with E-state index in [4.69, 9.17) is 4.74 Å². The van der Waals surface area contributed by atoms with Crippen LogP contribution >= 0.6 is 0 Å². The highest BCUT2D eigenvalue weighted by Gasteiger charge is 2.25. The zero-order valence-electron chi connectivity index (χ0n) is 12.9. The molecule has 5 nitrogen and oxygen atoms in total. The van der Waals surface area contributed by atoms with Crippen molar-refractivity contribution in [1.29, 1.82) is 0 Å². The van der Waals surface area contributed by atoms with Crippen LogP contribution in [0, 0.1) is 6.92 Å². The van der Waals surface area contributed by atoms with Gasteiger partial charge in [0.25, 0.3) is 5.56 Å². The molecule has 0 saturated heterocycles. The largest absolute Gasteiger partial charge is 0.506 e. The van der Waals surface area contributed by atoms with Gasteiger partial charge in [0, 0.05) is 12.2 Å². The van der Waals surface area contributed by atoms with Gasteiger partial charge >= 0.3 is 5.97 Å². The summed E-state index contributed by atoms with van der Waals surface area (Å²) in [6.07, 6.45) is 0. The Morgan fingerprint density at radius 2 is 1.86 bits per heavy atom. The Bertz CT molecular complexity index is 747. The van der Waals surface area contributed by atoms with Crippen molar-refractivity contribution in [3.63, 3.8) is 0 Å². The van der Waals surface area contributed by atoms with Gasteiger partial charge in [0.05, 0.1) is 12.2 Å². The van der Waals surface area contributed by atoms with Crippen molar-refractivity contribution in [3.05, 3.63) is 51.9 Å². The molecule has 2 rings (SSSR count). The van der Waals surface area contributed by atoms with E-state index in [2.05, 4.69) is 0 Å². The zero-order chi connectivity index (χ0) is 16.3. The van der Waals surface area contributed by atoms with Crippen molar-refractivity contribution in [2.75, 3.05) is 6.61 Å². The van der Waals surface area contributed by atoms with Gasteiger partial charge in [-0.3, -0.25) is 4.79 Å². The SMILES string of the molecule is CCOC(=O)c1c(O)c(-c2ccccc2)c(=O)n(CC)c1C. The Hall–Kier alpha value is -2.56. The summed E-state index contributed by atoms with van der Waals surface area (Å²) >= 11 is 0. The molecule has 0 unspecified atom stereocenters. The summed E-state index contributed by atoms with van der Waals surface area (Å²) in [5, 5.41) is 10.5. The molecule has 0 spiro atoms. The van der Waals surface area contributed by atoms with Crippen LogP contribution in [-0.4, -0.2) is 22.2 Å². The average molecular weight is 301 g/mol. The maximum atomic E-state index is 12.6. The predicted molar refractivity (Wildman–Crippen MR) is 84.2 cm³/mol. The van der Waals surface area contributed by atoms with E-state index in [9.17, 15) is 14.7 Å².